The van der Waals surface area contributed by atoms with Crippen molar-refractivity contribution in [2.24, 2.45) is 0 Å². The largest absolute Gasteiger partial charge is 0.384 e. The SMILES string of the molecule is CC(C)c1cc(N)n(-c2cc(Cl)cc(Cl)c2)n1. The monoisotopic (exact) mass is 269 g/mol. The van der Waals surface area contributed by atoms with Crippen molar-refractivity contribution in [1.82, 2.24) is 9.78 Å². The van der Waals surface area contributed by atoms with Gasteiger partial charge in [-0.05, 0) is 24.1 Å². The summed E-state index contributed by atoms with van der Waals surface area (Å²) in [4.78, 5) is 0. The van der Waals surface area contributed by atoms with Gasteiger partial charge in [-0.1, -0.05) is 37.0 Å². The Labute approximate surface area is 110 Å². The summed E-state index contributed by atoms with van der Waals surface area (Å²) in [7, 11) is 0. The fourth-order valence-corrected chi connectivity index (χ4v) is 2.08. The highest BCUT2D eigenvalue weighted by atomic mass is 35.5. The highest BCUT2D eigenvalue weighted by molar-refractivity contribution is 6.34. The molecule has 0 aliphatic rings. The molecular weight excluding hydrogens is 257 g/mol. The van der Waals surface area contributed by atoms with Crippen LogP contribution in [0, 0.1) is 0 Å². The van der Waals surface area contributed by atoms with Crippen LogP contribution in [-0.2, 0) is 0 Å². The van der Waals surface area contributed by atoms with Gasteiger partial charge in [0.05, 0.1) is 11.4 Å². The fraction of sp³-hybridized carbons (Fsp3) is 0.250. The third-order valence-corrected chi connectivity index (χ3v) is 2.88. The van der Waals surface area contributed by atoms with Gasteiger partial charge in [0, 0.05) is 16.1 Å². The maximum Gasteiger partial charge on any atom is 0.127 e. The van der Waals surface area contributed by atoms with E-state index >= 15 is 0 Å². The third kappa shape index (κ3) is 2.56. The number of nitrogens with two attached hydrogens (primary N) is 1. The topological polar surface area (TPSA) is 43.8 Å². The van der Waals surface area contributed by atoms with Gasteiger partial charge in [-0.15, -0.1) is 0 Å². The maximum atomic E-state index is 5.96. The van der Waals surface area contributed by atoms with Crippen LogP contribution in [0.4, 0.5) is 5.82 Å². The minimum absolute atomic E-state index is 0.327. The van der Waals surface area contributed by atoms with E-state index in [1.807, 2.05) is 6.07 Å². The molecule has 5 heteroatoms. The van der Waals surface area contributed by atoms with Gasteiger partial charge in [0.15, 0.2) is 0 Å². The molecule has 0 unspecified atom stereocenters. The molecule has 17 heavy (non-hydrogen) atoms. The first-order valence-corrected chi connectivity index (χ1v) is 6.05. The van der Waals surface area contributed by atoms with Crippen LogP contribution in [0.1, 0.15) is 25.5 Å². The van der Waals surface area contributed by atoms with Crippen molar-refractivity contribution in [3.8, 4) is 5.69 Å². The molecule has 0 fully saturated rings. The van der Waals surface area contributed by atoms with Crippen molar-refractivity contribution >= 4 is 29.0 Å². The first-order chi connectivity index (χ1) is 7.97. The molecule has 3 nitrogen and oxygen atoms in total. The molecule has 0 saturated carbocycles. The van der Waals surface area contributed by atoms with Gasteiger partial charge in [-0.2, -0.15) is 5.10 Å². The van der Waals surface area contributed by atoms with Crippen molar-refractivity contribution in [2.45, 2.75) is 19.8 Å². The van der Waals surface area contributed by atoms with Crippen LogP contribution in [-0.4, -0.2) is 9.78 Å². The van der Waals surface area contributed by atoms with Crippen LogP contribution in [0.2, 0.25) is 10.0 Å². The summed E-state index contributed by atoms with van der Waals surface area (Å²) in [5.41, 5.74) is 7.64. The third-order valence-electron chi connectivity index (χ3n) is 2.44. The number of anilines is 1. The number of rotatable bonds is 2. The Morgan fingerprint density at radius 1 is 1.12 bits per heavy atom. The summed E-state index contributed by atoms with van der Waals surface area (Å²) in [6.45, 7) is 4.13. The van der Waals surface area contributed by atoms with Crippen LogP contribution < -0.4 is 5.73 Å². The Kier molecular flexibility index (Phi) is 3.31. The van der Waals surface area contributed by atoms with Gasteiger partial charge >= 0.3 is 0 Å². The molecule has 1 heterocycles. The predicted molar refractivity (Wildman–Crippen MR) is 72.1 cm³/mol. The van der Waals surface area contributed by atoms with Crippen molar-refractivity contribution < 1.29 is 0 Å². The summed E-state index contributed by atoms with van der Waals surface area (Å²) >= 11 is 11.9. The van der Waals surface area contributed by atoms with E-state index in [9.17, 15) is 0 Å². The number of hydrogen-bond donors (Lipinski definition) is 1. The normalized spacial score (nSPS) is 11.1. The Bertz CT molecular complexity index is 526. The molecule has 0 aliphatic heterocycles. The Hall–Kier alpha value is -1.19. The number of nitrogen functional groups attached to an aromatic ring is 1. The first kappa shape index (κ1) is 12.3. The minimum atomic E-state index is 0.327. The predicted octanol–water partition coefficient (Wildman–Crippen LogP) is 3.88. The van der Waals surface area contributed by atoms with Gasteiger partial charge in [0.25, 0.3) is 0 Å². The Morgan fingerprint density at radius 3 is 2.18 bits per heavy atom. The second-order valence-electron chi connectivity index (χ2n) is 4.19. The van der Waals surface area contributed by atoms with Crippen molar-refractivity contribution in [2.75, 3.05) is 5.73 Å². The smallest absolute Gasteiger partial charge is 0.127 e. The molecule has 2 N–H and O–H groups in total. The number of benzene rings is 1. The van der Waals surface area contributed by atoms with Crippen LogP contribution >= 0.6 is 23.2 Å². The van der Waals surface area contributed by atoms with E-state index < -0.39 is 0 Å². The number of halogens is 2. The number of nitrogens with zero attached hydrogens (tertiary/aromatic N) is 2. The van der Waals surface area contributed by atoms with E-state index in [0.29, 0.717) is 21.8 Å². The molecule has 0 spiro atoms. The average Bonchev–Trinajstić information content (AvgIpc) is 2.59. The first-order valence-electron chi connectivity index (χ1n) is 5.29. The van der Waals surface area contributed by atoms with Crippen LogP contribution in [0.25, 0.3) is 5.69 Å². The van der Waals surface area contributed by atoms with Crippen LogP contribution in [0.15, 0.2) is 24.3 Å². The van der Waals surface area contributed by atoms with Crippen LogP contribution in [0.5, 0.6) is 0 Å². The zero-order valence-corrected chi connectivity index (χ0v) is 11.1. The summed E-state index contributed by atoms with van der Waals surface area (Å²) < 4.78 is 1.65. The highest BCUT2D eigenvalue weighted by Gasteiger charge is 2.10. The van der Waals surface area contributed by atoms with Gasteiger partial charge in [-0.25, -0.2) is 4.68 Å². The second-order valence-corrected chi connectivity index (χ2v) is 5.06. The van der Waals surface area contributed by atoms with Gasteiger partial charge in [-0.3, -0.25) is 0 Å². The molecule has 0 saturated heterocycles. The average molecular weight is 270 g/mol. The molecule has 0 aliphatic carbocycles. The molecule has 0 radical (unpaired) electrons. The van der Waals surface area contributed by atoms with Gasteiger partial charge < -0.3 is 5.73 Å². The molecular formula is C12H13Cl2N3. The molecule has 90 valence electrons. The standard InChI is InChI=1S/C12H13Cl2N3/c1-7(2)11-6-12(15)17(16-11)10-4-8(13)3-9(14)5-10/h3-7H,15H2,1-2H3. The van der Waals surface area contributed by atoms with Crippen molar-refractivity contribution in [3.05, 3.63) is 40.0 Å². The van der Waals surface area contributed by atoms with E-state index in [4.69, 9.17) is 28.9 Å². The minimum Gasteiger partial charge on any atom is -0.384 e. The number of hydrogen-bond acceptors (Lipinski definition) is 2. The Balaban J connectivity index is 2.52. The molecule has 0 atom stereocenters. The zero-order chi connectivity index (χ0) is 12.6. The van der Waals surface area contributed by atoms with E-state index in [1.165, 1.54) is 0 Å². The summed E-state index contributed by atoms with van der Waals surface area (Å²) in [6.07, 6.45) is 0. The molecule has 2 rings (SSSR count). The van der Waals surface area contributed by atoms with Gasteiger partial charge in [0.1, 0.15) is 5.82 Å². The second kappa shape index (κ2) is 4.59. The quantitative estimate of drug-likeness (QED) is 0.899. The molecule has 1 aromatic heterocycles. The van der Waals surface area contributed by atoms with Crippen molar-refractivity contribution in [1.29, 1.82) is 0 Å². The lowest BCUT2D eigenvalue weighted by molar-refractivity contribution is 0.771. The fourth-order valence-electron chi connectivity index (χ4n) is 1.57. The number of aromatic nitrogens is 2. The summed E-state index contributed by atoms with van der Waals surface area (Å²) in [5, 5.41) is 5.56. The molecule has 2 aromatic rings. The van der Waals surface area contributed by atoms with E-state index in [-0.39, 0.29) is 0 Å². The summed E-state index contributed by atoms with van der Waals surface area (Å²) in [5.74, 6) is 0.903. The van der Waals surface area contributed by atoms with E-state index in [0.717, 1.165) is 11.4 Å². The zero-order valence-electron chi connectivity index (χ0n) is 9.61. The maximum absolute atomic E-state index is 5.96. The van der Waals surface area contributed by atoms with Crippen LogP contribution in [0.3, 0.4) is 0 Å². The molecule has 0 bridgehead atoms. The molecule has 0 amide bonds. The lowest BCUT2D eigenvalue weighted by Crippen LogP contribution is -2.02. The van der Waals surface area contributed by atoms with E-state index in [1.54, 1.807) is 22.9 Å². The van der Waals surface area contributed by atoms with E-state index in [2.05, 4.69) is 18.9 Å². The van der Waals surface area contributed by atoms with Gasteiger partial charge in [0.2, 0.25) is 0 Å². The highest BCUT2D eigenvalue weighted by Crippen LogP contribution is 2.25. The van der Waals surface area contributed by atoms with Crippen molar-refractivity contribution in [3.63, 3.8) is 0 Å². The molecule has 1 aromatic carbocycles. The lowest BCUT2D eigenvalue weighted by Gasteiger charge is -2.05. The summed E-state index contributed by atoms with van der Waals surface area (Å²) in [6, 6.07) is 7.09. The Morgan fingerprint density at radius 2 is 1.71 bits per heavy atom. The lowest BCUT2D eigenvalue weighted by atomic mass is 10.1.